The molecule has 152 valence electrons. The molecule has 7 heteroatoms. The fraction of sp³-hybridized carbons (Fsp3) is 0.0870. The van der Waals surface area contributed by atoms with Crippen molar-refractivity contribution in [3.8, 4) is 11.1 Å². The van der Waals surface area contributed by atoms with Crippen LogP contribution in [0.1, 0.15) is 27.2 Å². The third-order valence-corrected chi connectivity index (χ3v) is 5.55. The number of carbonyl (C=O) groups is 1. The summed E-state index contributed by atoms with van der Waals surface area (Å²) in [5.74, 6) is -3.58. The molecule has 30 heavy (non-hydrogen) atoms. The molecule has 2 nitrogen and oxygen atoms in total. The molecule has 3 aromatic carbocycles. The molecule has 0 atom stereocenters. The van der Waals surface area contributed by atoms with Crippen LogP contribution in [0.25, 0.3) is 22.1 Å². The van der Waals surface area contributed by atoms with Crippen LogP contribution in [0.3, 0.4) is 0 Å². The highest BCUT2D eigenvalue weighted by molar-refractivity contribution is 6.37. The molecule has 0 amide bonds. The summed E-state index contributed by atoms with van der Waals surface area (Å²) >= 11 is 12.0. The minimum absolute atomic E-state index is 0.0771. The zero-order valence-electron chi connectivity index (χ0n) is 15.7. The summed E-state index contributed by atoms with van der Waals surface area (Å²) in [4.78, 5) is 12.9. The molecule has 0 saturated carbocycles. The maximum atomic E-state index is 14.5. The lowest BCUT2D eigenvalue weighted by Crippen LogP contribution is -2.02. The predicted octanol–water partition coefficient (Wildman–Crippen LogP) is 7.67. The molecule has 0 fully saturated rings. The SMILES string of the molecule is Cc1c(F)c(F)cc(-c2ccc3c(C)c(C(=O)c4ccc(Cl)cc4Cl)oc3c2)c1F. The quantitative estimate of drug-likeness (QED) is 0.237. The maximum Gasteiger partial charge on any atom is 0.229 e. The average Bonchev–Trinajstić information content (AvgIpc) is 3.04. The zero-order chi connectivity index (χ0) is 21.7. The van der Waals surface area contributed by atoms with Gasteiger partial charge in [-0.2, -0.15) is 0 Å². The van der Waals surface area contributed by atoms with E-state index in [1.807, 2.05) is 0 Å². The smallest absolute Gasteiger partial charge is 0.229 e. The van der Waals surface area contributed by atoms with Gasteiger partial charge in [0.2, 0.25) is 5.78 Å². The molecule has 0 bridgehead atoms. The predicted molar refractivity (Wildman–Crippen MR) is 111 cm³/mol. The van der Waals surface area contributed by atoms with Crippen LogP contribution in [-0.4, -0.2) is 5.78 Å². The van der Waals surface area contributed by atoms with Crippen LogP contribution in [0.2, 0.25) is 10.0 Å². The Labute approximate surface area is 179 Å². The summed E-state index contributed by atoms with van der Waals surface area (Å²) in [6.07, 6.45) is 0. The molecule has 0 radical (unpaired) electrons. The topological polar surface area (TPSA) is 30.2 Å². The maximum absolute atomic E-state index is 14.5. The Morgan fingerprint density at radius 1 is 0.900 bits per heavy atom. The molecule has 0 N–H and O–H groups in total. The number of hydrogen-bond acceptors (Lipinski definition) is 2. The van der Waals surface area contributed by atoms with E-state index in [0.717, 1.165) is 6.07 Å². The number of halogens is 5. The highest BCUT2D eigenvalue weighted by Crippen LogP contribution is 2.34. The van der Waals surface area contributed by atoms with Crippen molar-refractivity contribution in [2.45, 2.75) is 13.8 Å². The van der Waals surface area contributed by atoms with Crippen LogP contribution in [0, 0.1) is 31.3 Å². The van der Waals surface area contributed by atoms with E-state index in [4.69, 9.17) is 27.6 Å². The Morgan fingerprint density at radius 3 is 2.33 bits per heavy atom. The largest absolute Gasteiger partial charge is 0.452 e. The molecule has 1 heterocycles. The molecule has 0 aliphatic carbocycles. The van der Waals surface area contributed by atoms with E-state index in [9.17, 15) is 18.0 Å². The van der Waals surface area contributed by atoms with Crippen molar-refractivity contribution in [3.05, 3.63) is 92.4 Å². The van der Waals surface area contributed by atoms with Gasteiger partial charge in [-0.3, -0.25) is 4.79 Å². The van der Waals surface area contributed by atoms with E-state index in [0.29, 0.717) is 27.1 Å². The van der Waals surface area contributed by atoms with Gasteiger partial charge in [0.15, 0.2) is 17.4 Å². The van der Waals surface area contributed by atoms with E-state index in [2.05, 4.69) is 0 Å². The minimum atomic E-state index is -1.22. The van der Waals surface area contributed by atoms with Crippen LogP contribution in [0.4, 0.5) is 13.2 Å². The third-order valence-electron chi connectivity index (χ3n) is 5.01. The highest BCUT2D eigenvalue weighted by atomic mass is 35.5. The van der Waals surface area contributed by atoms with Gasteiger partial charge in [-0.25, -0.2) is 13.2 Å². The molecule has 4 aromatic rings. The molecule has 0 aliphatic rings. The van der Waals surface area contributed by atoms with E-state index < -0.39 is 28.8 Å². The summed E-state index contributed by atoms with van der Waals surface area (Å²) in [5, 5.41) is 1.21. The van der Waals surface area contributed by atoms with E-state index >= 15 is 0 Å². The Morgan fingerprint density at radius 2 is 1.63 bits per heavy atom. The average molecular weight is 449 g/mol. The zero-order valence-corrected chi connectivity index (χ0v) is 17.3. The highest BCUT2D eigenvalue weighted by Gasteiger charge is 2.23. The molecule has 0 unspecified atom stereocenters. The minimum Gasteiger partial charge on any atom is -0.452 e. The molecule has 0 saturated heterocycles. The van der Waals surface area contributed by atoms with Gasteiger partial charge < -0.3 is 4.42 Å². The normalized spacial score (nSPS) is 11.3. The molecular weight excluding hydrogens is 436 g/mol. The van der Waals surface area contributed by atoms with Crippen molar-refractivity contribution in [3.63, 3.8) is 0 Å². The van der Waals surface area contributed by atoms with Crippen molar-refractivity contribution in [1.29, 1.82) is 0 Å². The van der Waals surface area contributed by atoms with Crippen LogP contribution >= 0.6 is 23.2 Å². The van der Waals surface area contributed by atoms with Gasteiger partial charge >= 0.3 is 0 Å². The van der Waals surface area contributed by atoms with Crippen molar-refractivity contribution in [2.75, 3.05) is 0 Å². The number of hydrogen-bond donors (Lipinski definition) is 0. The van der Waals surface area contributed by atoms with Gasteiger partial charge in [-0.1, -0.05) is 35.3 Å². The lowest BCUT2D eigenvalue weighted by Gasteiger charge is -2.08. The Balaban J connectivity index is 1.84. The summed E-state index contributed by atoms with van der Waals surface area (Å²) in [5.41, 5.74) is 0.893. The summed E-state index contributed by atoms with van der Waals surface area (Å²) in [6, 6.07) is 9.99. The van der Waals surface area contributed by atoms with E-state index in [-0.39, 0.29) is 21.9 Å². The third kappa shape index (κ3) is 3.28. The van der Waals surface area contributed by atoms with Gasteiger partial charge in [-0.15, -0.1) is 0 Å². The molecule has 1 aromatic heterocycles. The van der Waals surface area contributed by atoms with Gasteiger partial charge in [0, 0.05) is 32.7 Å². The standard InChI is InChI=1S/C23H13Cl2F3O2/c1-10-14-5-3-12(16-9-18(26)21(28)11(2)20(16)27)7-19(14)30-23(10)22(29)15-6-4-13(24)8-17(15)25/h3-9H,1-2H3. The van der Waals surface area contributed by atoms with Gasteiger partial charge in [0.25, 0.3) is 0 Å². The first-order valence-electron chi connectivity index (χ1n) is 8.86. The monoisotopic (exact) mass is 448 g/mol. The number of carbonyl (C=O) groups excluding carboxylic acids is 1. The summed E-state index contributed by atoms with van der Waals surface area (Å²) in [6.45, 7) is 2.88. The van der Waals surface area contributed by atoms with Crippen LogP contribution in [0.5, 0.6) is 0 Å². The second-order valence-electron chi connectivity index (χ2n) is 6.88. The van der Waals surface area contributed by atoms with Crippen LogP contribution < -0.4 is 0 Å². The second-order valence-corrected chi connectivity index (χ2v) is 7.72. The van der Waals surface area contributed by atoms with Gasteiger partial charge in [0.05, 0.1) is 5.02 Å². The first-order chi connectivity index (χ1) is 14.2. The van der Waals surface area contributed by atoms with E-state index in [1.54, 1.807) is 25.1 Å². The fourth-order valence-electron chi connectivity index (χ4n) is 3.35. The van der Waals surface area contributed by atoms with Crippen molar-refractivity contribution >= 4 is 40.0 Å². The number of aryl methyl sites for hydroxylation is 1. The van der Waals surface area contributed by atoms with Crippen LogP contribution in [-0.2, 0) is 0 Å². The number of fused-ring (bicyclic) bond motifs is 1. The van der Waals surface area contributed by atoms with Crippen molar-refractivity contribution in [2.24, 2.45) is 0 Å². The number of rotatable bonds is 3. The van der Waals surface area contributed by atoms with Crippen molar-refractivity contribution in [1.82, 2.24) is 0 Å². The number of ketones is 1. The van der Waals surface area contributed by atoms with E-state index in [1.165, 1.54) is 25.1 Å². The number of benzene rings is 3. The fourth-order valence-corrected chi connectivity index (χ4v) is 3.84. The molecular formula is C23H13Cl2F3O2. The number of furan rings is 1. The lowest BCUT2D eigenvalue weighted by molar-refractivity contribution is 0.101. The van der Waals surface area contributed by atoms with Gasteiger partial charge in [-0.05, 0) is 49.7 Å². The van der Waals surface area contributed by atoms with Crippen molar-refractivity contribution < 1.29 is 22.4 Å². The van der Waals surface area contributed by atoms with Crippen LogP contribution in [0.15, 0.2) is 46.9 Å². The second kappa shape index (κ2) is 7.49. The summed E-state index contributed by atoms with van der Waals surface area (Å²) < 4.78 is 47.7. The molecule has 0 aliphatic heterocycles. The molecule has 4 rings (SSSR count). The first-order valence-corrected chi connectivity index (χ1v) is 9.62. The molecule has 0 spiro atoms. The first kappa shape index (κ1) is 20.5. The summed E-state index contributed by atoms with van der Waals surface area (Å²) in [7, 11) is 0. The Hall–Kier alpha value is -2.76. The Bertz CT molecular complexity index is 1340. The van der Waals surface area contributed by atoms with Gasteiger partial charge in [0.1, 0.15) is 11.4 Å². The Kier molecular flexibility index (Phi) is 5.12. The lowest BCUT2D eigenvalue weighted by atomic mass is 9.99.